The Morgan fingerprint density at radius 3 is 1.87 bits per heavy atom. The average Bonchev–Trinajstić information content (AvgIpc) is 2.68. The third-order valence-electron chi connectivity index (χ3n) is 5.07. The molecule has 4 heteroatoms. The van der Waals surface area contributed by atoms with Gasteiger partial charge in [0, 0.05) is 16.5 Å². The van der Waals surface area contributed by atoms with Gasteiger partial charge in [-0.1, -0.05) is 39.0 Å². The van der Waals surface area contributed by atoms with Gasteiger partial charge < -0.3 is 14.2 Å². The third-order valence-corrected chi connectivity index (χ3v) is 5.86. The molecule has 0 aliphatic rings. The highest BCUT2D eigenvalue weighted by Gasteiger charge is 2.23. The minimum absolute atomic E-state index is 0.0606. The predicted molar refractivity (Wildman–Crippen MR) is 134 cm³/mol. The maximum atomic E-state index is 6.27. The summed E-state index contributed by atoms with van der Waals surface area (Å²) in [5.41, 5.74) is 3.24. The lowest BCUT2D eigenvalue weighted by Gasteiger charge is -2.24. The van der Waals surface area contributed by atoms with Crippen molar-refractivity contribution in [2.45, 2.75) is 66.1 Å². The summed E-state index contributed by atoms with van der Waals surface area (Å²) >= 11 is 3.84. The summed E-state index contributed by atoms with van der Waals surface area (Å²) in [4.78, 5) is 0. The third kappa shape index (κ3) is 5.01. The SMILES string of the molecule is COc1ccc(-c2c(OC(C)C)ccc3ccc(OC(C)C)c(Br)c23)cc1C(C)(C)C. The molecular formula is C27H33BrO3. The zero-order valence-corrected chi connectivity index (χ0v) is 21.4. The number of rotatable bonds is 6. The highest BCUT2D eigenvalue weighted by atomic mass is 79.9. The van der Waals surface area contributed by atoms with Crippen LogP contribution in [0.25, 0.3) is 21.9 Å². The molecular weight excluding hydrogens is 452 g/mol. The molecule has 3 aromatic rings. The van der Waals surface area contributed by atoms with E-state index in [9.17, 15) is 0 Å². The zero-order valence-electron chi connectivity index (χ0n) is 19.8. The summed E-state index contributed by atoms with van der Waals surface area (Å²) in [5, 5.41) is 2.21. The fraction of sp³-hybridized carbons (Fsp3) is 0.407. The summed E-state index contributed by atoms with van der Waals surface area (Å²) in [7, 11) is 1.72. The van der Waals surface area contributed by atoms with Gasteiger partial charge in [0.1, 0.15) is 17.2 Å². The number of halogens is 1. The van der Waals surface area contributed by atoms with Gasteiger partial charge in [0.05, 0.1) is 23.8 Å². The zero-order chi connectivity index (χ0) is 22.9. The standard InChI is InChI=1S/C27H33BrO3/c1-16(2)30-22-13-9-18-10-14-23(31-17(3)4)26(28)25(18)24(22)19-11-12-21(29-8)20(15-19)27(5,6)7/h9-17H,1-8H3. The lowest BCUT2D eigenvalue weighted by Crippen LogP contribution is -2.13. The van der Waals surface area contributed by atoms with Crippen molar-refractivity contribution in [2.75, 3.05) is 7.11 Å². The van der Waals surface area contributed by atoms with Gasteiger partial charge in [-0.15, -0.1) is 0 Å². The van der Waals surface area contributed by atoms with Crippen LogP contribution in [0.1, 0.15) is 54.0 Å². The Labute approximate surface area is 194 Å². The van der Waals surface area contributed by atoms with E-state index in [4.69, 9.17) is 14.2 Å². The van der Waals surface area contributed by atoms with Crippen LogP contribution in [0.5, 0.6) is 17.2 Å². The van der Waals surface area contributed by atoms with E-state index in [1.807, 2.05) is 19.9 Å². The van der Waals surface area contributed by atoms with E-state index in [1.54, 1.807) is 7.11 Å². The molecule has 0 amide bonds. The van der Waals surface area contributed by atoms with Crippen LogP contribution in [-0.2, 0) is 5.41 Å². The Hall–Kier alpha value is -2.20. The Morgan fingerprint density at radius 1 is 0.774 bits per heavy atom. The molecule has 3 nitrogen and oxygen atoms in total. The van der Waals surface area contributed by atoms with Gasteiger partial charge in [0.2, 0.25) is 0 Å². The van der Waals surface area contributed by atoms with Crippen molar-refractivity contribution in [2.24, 2.45) is 0 Å². The lowest BCUT2D eigenvalue weighted by atomic mass is 9.84. The molecule has 0 saturated carbocycles. The van der Waals surface area contributed by atoms with E-state index >= 15 is 0 Å². The molecule has 3 rings (SSSR count). The fourth-order valence-corrected chi connectivity index (χ4v) is 4.42. The molecule has 0 bridgehead atoms. The summed E-state index contributed by atoms with van der Waals surface area (Å²) in [6.07, 6.45) is 0.145. The minimum atomic E-state index is -0.0614. The molecule has 31 heavy (non-hydrogen) atoms. The molecule has 0 unspecified atom stereocenters. The van der Waals surface area contributed by atoms with Gasteiger partial charge in [0.15, 0.2) is 0 Å². The first-order valence-corrected chi connectivity index (χ1v) is 11.6. The number of fused-ring (bicyclic) bond motifs is 1. The maximum Gasteiger partial charge on any atom is 0.134 e. The van der Waals surface area contributed by atoms with E-state index in [0.29, 0.717) is 0 Å². The van der Waals surface area contributed by atoms with E-state index in [2.05, 4.69) is 86.9 Å². The predicted octanol–water partition coefficient (Wildman–Crippen LogP) is 8.15. The van der Waals surface area contributed by atoms with E-state index in [-0.39, 0.29) is 17.6 Å². The van der Waals surface area contributed by atoms with Gasteiger partial charge in [-0.2, -0.15) is 0 Å². The smallest absolute Gasteiger partial charge is 0.134 e. The Kier molecular flexibility index (Phi) is 6.90. The van der Waals surface area contributed by atoms with Crippen molar-refractivity contribution in [3.63, 3.8) is 0 Å². The second-order valence-electron chi connectivity index (χ2n) is 9.41. The molecule has 0 aliphatic heterocycles. The summed E-state index contributed by atoms with van der Waals surface area (Å²) in [5.74, 6) is 2.58. The molecule has 3 aromatic carbocycles. The highest BCUT2D eigenvalue weighted by molar-refractivity contribution is 9.10. The monoisotopic (exact) mass is 484 g/mol. The summed E-state index contributed by atoms with van der Waals surface area (Å²) < 4.78 is 19.0. The number of benzene rings is 3. The molecule has 0 heterocycles. The molecule has 0 spiro atoms. The molecule has 0 saturated heterocycles. The van der Waals surface area contributed by atoms with Crippen molar-refractivity contribution in [3.8, 4) is 28.4 Å². The molecule has 166 valence electrons. The minimum Gasteiger partial charge on any atom is -0.496 e. The number of methoxy groups -OCH3 is 1. The van der Waals surface area contributed by atoms with Crippen LogP contribution in [0.4, 0.5) is 0 Å². The van der Waals surface area contributed by atoms with Crippen molar-refractivity contribution in [3.05, 3.63) is 52.5 Å². The lowest BCUT2D eigenvalue weighted by molar-refractivity contribution is 0.241. The second kappa shape index (κ2) is 9.12. The molecule has 0 aromatic heterocycles. The first-order chi connectivity index (χ1) is 14.5. The van der Waals surface area contributed by atoms with Gasteiger partial charge in [-0.3, -0.25) is 0 Å². The van der Waals surface area contributed by atoms with Crippen molar-refractivity contribution in [1.29, 1.82) is 0 Å². The van der Waals surface area contributed by atoms with Gasteiger partial charge >= 0.3 is 0 Å². The Balaban J connectivity index is 2.38. The van der Waals surface area contributed by atoms with Crippen LogP contribution in [-0.4, -0.2) is 19.3 Å². The average molecular weight is 485 g/mol. The van der Waals surface area contributed by atoms with Crippen molar-refractivity contribution in [1.82, 2.24) is 0 Å². The maximum absolute atomic E-state index is 6.27. The van der Waals surface area contributed by atoms with E-state index in [1.165, 1.54) is 0 Å². The number of hydrogen-bond acceptors (Lipinski definition) is 3. The first-order valence-electron chi connectivity index (χ1n) is 10.8. The van der Waals surface area contributed by atoms with Gasteiger partial charge in [-0.05, 0) is 84.3 Å². The first kappa shape index (κ1) is 23.5. The van der Waals surface area contributed by atoms with Gasteiger partial charge in [0.25, 0.3) is 0 Å². The topological polar surface area (TPSA) is 27.7 Å². The van der Waals surface area contributed by atoms with Crippen LogP contribution in [0.3, 0.4) is 0 Å². The fourth-order valence-electron chi connectivity index (χ4n) is 3.77. The van der Waals surface area contributed by atoms with E-state index < -0.39 is 0 Å². The highest BCUT2D eigenvalue weighted by Crippen LogP contribution is 2.46. The molecule has 0 atom stereocenters. The summed E-state index contributed by atoms with van der Waals surface area (Å²) in [6, 6.07) is 14.7. The molecule has 0 fully saturated rings. The van der Waals surface area contributed by atoms with Crippen LogP contribution in [0.15, 0.2) is 46.9 Å². The quantitative estimate of drug-likeness (QED) is 0.353. The number of hydrogen-bond donors (Lipinski definition) is 0. The Morgan fingerprint density at radius 2 is 1.32 bits per heavy atom. The van der Waals surface area contributed by atoms with Gasteiger partial charge in [-0.25, -0.2) is 0 Å². The van der Waals surface area contributed by atoms with Crippen LogP contribution in [0.2, 0.25) is 0 Å². The van der Waals surface area contributed by atoms with Crippen molar-refractivity contribution >= 4 is 26.7 Å². The normalized spacial score (nSPS) is 12.0. The molecule has 0 N–H and O–H groups in total. The second-order valence-corrected chi connectivity index (χ2v) is 10.2. The Bertz CT molecular complexity index is 1070. The van der Waals surface area contributed by atoms with Crippen LogP contribution in [0, 0.1) is 0 Å². The summed E-state index contributed by atoms with van der Waals surface area (Å²) in [6.45, 7) is 14.8. The van der Waals surface area contributed by atoms with Crippen LogP contribution >= 0.6 is 15.9 Å². The van der Waals surface area contributed by atoms with E-state index in [0.717, 1.165) is 49.2 Å². The largest absolute Gasteiger partial charge is 0.496 e. The van der Waals surface area contributed by atoms with Crippen LogP contribution < -0.4 is 14.2 Å². The van der Waals surface area contributed by atoms with Crippen molar-refractivity contribution < 1.29 is 14.2 Å². The number of ether oxygens (including phenoxy) is 3. The molecule has 0 aliphatic carbocycles. The molecule has 0 radical (unpaired) electrons.